The maximum atomic E-state index is 11.8. The van der Waals surface area contributed by atoms with E-state index in [9.17, 15) is 4.79 Å². The third-order valence-corrected chi connectivity index (χ3v) is 3.66. The van der Waals surface area contributed by atoms with Crippen LogP contribution in [0.25, 0.3) is 0 Å². The fourth-order valence-corrected chi connectivity index (χ4v) is 2.13. The molecule has 0 saturated heterocycles. The SMILES string of the molecule is CCC(CC)C(=O)Nc1nnc(C(C)C)s1. The van der Waals surface area contributed by atoms with Crippen LogP contribution < -0.4 is 5.32 Å². The molecule has 1 aromatic heterocycles. The highest BCUT2D eigenvalue weighted by atomic mass is 32.1. The third kappa shape index (κ3) is 3.27. The number of carbonyl (C=O) groups is 1. The van der Waals surface area contributed by atoms with E-state index in [-0.39, 0.29) is 11.8 Å². The number of rotatable bonds is 5. The van der Waals surface area contributed by atoms with Crippen LogP contribution in [0.4, 0.5) is 5.13 Å². The fraction of sp³-hybridized carbons (Fsp3) is 0.727. The number of hydrogen-bond donors (Lipinski definition) is 1. The topological polar surface area (TPSA) is 54.9 Å². The fourth-order valence-electron chi connectivity index (χ4n) is 1.39. The quantitative estimate of drug-likeness (QED) is 0.862. The zero-order valence-electron chi connectivity index (χ0n) is 10.3. The molecule has 0 unspecified atom stereocenters. The van der Waals surface area contributed by atoms with Crippen molar-refractivity contribution in [2.24, 2.45) is 5.92 Å². The number of nitrogens with one attached hydrogen (secondary N) is 1. The summed E-state index contributed by atoms with van der Waals surface area (Å²) in [5, 5.41) is 12.4. The largest absolute Gasteiger partial charge is 0.300 e. The van der Waals surface area contributed by atoms with E-state index in [4.69, 9.17) is 0 Å². The summed E-state index contributed by atoms with van der Waals surface area (Å²) in [6, 6.07) is 0. The third-order valence-electron chi connectivity index (χ3n) is 2.52. The molecule has 1 heterocycles. The van der Waals surface area contributed by atoms with E-state index in [2.05, 4.69) is 29.4 Å². The van der Waals surface area contributed by atoms with E-state index in [1.54, 1.807) is 0 Å². The lowest BCUT2D eigenvalue weighted by Gasteiger charge is -2.10. The van der Waals surface area contributed by atoms with Crippen LogP contribution in [0.15, 0.2) is 0 Å². The van der Waals surface area contributed by atoms with Gasteiger partial charge in [0, 0.05) is 11.8 Å². The first-order valence-electron chi connectivity index (χ1n) is 5.72. The van der Waals surface area contributed by atoms with Gasteiger partial charge in [0.1, 0.15) is 5.01 Å². The second kappa shape index (κ2) is 5.94. The molecular formula is C11H19N3OS. The van der Waals surface area contributed by atoms with Crippen molar-refractivity contribution in [3.8, 4) is 0 Å². The summed E-state index contributed by atoms with van der Waals surface area (Å²) >= 11 is 1.45. The smallest absolute Gasteiger partial charge is 0.229 e. The first-order valence-corrected chi connectivity index (χ1v) is 6.54. The molecular weight excluding hydrogens is 222 g/mol. The summed E-state index contributed by atoms with van der Waals surface area (Å²) < 4.78 is 0. The number of hydrogen-bond acceptors (Lipinski definition) is 4. The maximum absolute atomic E-state index is 11.8. The van der Waals surface area contributed by atoms with Gasteiger partial charge in [-0.15, -0.1) is 10.2 Å². The molecule has 4 nitrogen and oxygen atoms in total. The Labute approximate surface area is 100 Å². The Kier molecular flexibility index (Phi) is 4.86. The predicted octanol–water partition coefficient (Wildman–Crippen LogP) is 3.04. The average molecular weight is 241 g/mol. The lowest BCUT2D eigenvalue weighted by Crippen LogP contribution is -2.21. The molecule has 0 radical (unpaired) electrons. The zero-order chi connectivity index (χ0) is 12.1. The van der Waals surface area contributed by atoms with Crippen LogP contribution >= 0.6 is 11.3 Å². The molecule has 0 fully saturated rings. The van der Waals surface area contributed by atoms with Crippen LogP contribution in [-0.2, 0) is 4.79 Å². The lowest BCUT2D eigenvalue weighted by molar-refractivity contribution is -0.120. The molecule has 0 aliphatic carbocycles. The van der Waals surface area contributed by atoms with Crippen molar-refractivity contribution < 1.29 is 4.79 Å². The molecule has 1 N–H and O–H groups in total. The normalized spacial score (nSPS) is 11.1. The van der Waals surface area contributed by atoms with E-state index in [0.29, 0.717) is 11.0 Å². The van der Waals surface area contributed by atoms with Gasteiger partial charge in [-0.1, -0.05) is 39.0 Å². The number of carbonyl (C=O) groups excluding carboxylic acids is 1. The molecule has 1 aromatic rings. The first kappa shape index (κ1) is 13.1. The summed E-state index contributed by atoms with van der Waals surface area (Å²) in [5.74, 6) is 0.485. The monoisotopic (exact) mass is 241 g/mol. The van der Waals surface area contributed by atoms with E-state index in [1.807, 2.05) is 13.8 Å². The predicted molar refractivity (Wildman–Crippen MR) is 66.7 cm³/mol. The van der Waals surface area contributed by atoms with E-state index >= 15 is 0 Å². The molecule has 0 bridgehead atoms. The van der Waals surface area contributed by atoms with Gasteiger partial charge >= 0.3 is 0 Å². The number of nitrogens with zero attached hydrogens (tertiary/aromatic N) is 2. The number of aromatic nitrogens is 2. The van der Waals surface area contributed by atoms with Gasteiger partial charge in [0.15, 0.2) is 0 Å². The number of anilines is 1. The van der Waals surface area contributed by atoms with Crippen molar-refractivity contribution in [3.05, 3.63) is 5.01 Å². The van der Waals surface area contributed by atoms with Crippen molar-refractivity contribution >= 4 is 22.4 Å². The van der Waals surface area contributed by atoms with Gasteiger partial charge in [-0.25, -0.2) is 0 Å². The van der Waals surface area contributed by atoms with Crippen molar-refractivity contribution in [3.63, 3.8) is 0 Å². The van der Waals surface area contributed by atoms with Gasteiger partial charge in [-0.05, 0) is 12.8 Å². The molecule has 0 aromatic carbocycles. The van der Waals surface area contributed by atoms with Crippen LogP contribution in [0.3, 0.4) is 0 Å². The van der Waals surface area contributed by atoms with Crippen molar-refractivity contribution in [1.29, 1.82) is 0 Å². The van der Waals surface area contributed by atoms with Gasteiger partial charge in [0.2, 0.25) is 11.0 Å². The standard InChI is InChI=1S/C11H19N3OS/c1-5-8(6-2)9(15)12-11-14-13-10(16-11)7(3)4/h7-8H,5-6H2,1-4H3,(H,12,14,15). The Hall–Kier alpha value is -0.970. The summed E-state index contributed by atoms with van der Waals surface area (Å²) in [6.45, 7) is 8.17. The molecule has 0 aliphatic rings. The van der Waals surface area contributed by atoms with Crippen LogP contribution in [-0.4, -0.2) is 16.1 Å². The van der Waals surface area contributed by atoms with E-state index < -0.39 is 0 Å². The van der Waals surface area contributed by atoms with E-state index in [1.165, 1.54) is 11.3 Å². The summed E-state index contributed by atoms with van der Waals surface area (Å²) in [7, 11) is 0. The molecule has 90 valence electrons. The minimum Gasteiger partial charge on any atom is -0.300 e. The van der Waals surface area contributed by atoms with Crippen molar-refractivity contribution in [2.75, 3.05) is 5.32 Å². The van der Waals surface area contributed by atoms with Crippen molar-refractivity contribution in [1.82, 2.24) is 10.2 Å². The minimum absolute atomic E-state index is 0.0523. The highest BCUT2D eigenvalue weighted by molar-refractivity contribution is 7.15. The lowest BCUT2D eigenvalue weighted by atomic mass is 10.0. The Morgan fingerprint density at radius 1 is 1.31 bits per heavy atom. The summed E-state index contributed by atoms with van der Waals surface area (Å²) in [5.41, 5.74) is 0. The Bertz CT molecular complexity index is 345. The molecule has 1 rings (SSSR count). The van der Waals surface area contributed by atoms with Gasteiger partial charge in [-0.2, -0.15) is 0 Å². The average Bonchev–Trinajstić information content (AvgIpc) is 2.68. The maximum Gasteiger partial charge on any atom is 0.229 e. The van der Waals surface area contributed by atoms with E-state index in [0.717, 1.165) is 17.8 Å². The van der Waals surface area contributed by atoms with Crippen LogP contribution in [0.2, 0.25) is 0 Å². The van der Waals surface area contributed by atoms with Crippen LogP contribution in [0.1, 0.15) is 51.5 Å². The second-order valence-electron chi connectivity index (χ2n) is 4.10. The van der Waals surface area contributed by atoms with Crippen LogP contribution in [0.5, 0.6) is 0 Å². The molecule has 0 saturated carbocycles. The minimum atomic E-state index is 0.0523. The summed E-state index contributed by atoms with van der Waals surface area (Å²) in [4.78, 5) is 11.8. The Morgan fingerprint density at radius 2 is 1.94 bits per heavy atom. The Morgan fingerprint density at radius 3 is 2.38 bits per heavy atom. The molecule has 5 heteroatoms. The van der Waals surface area contributed by atoms with Gasteiger partial charge in [0.25, 0.3) is 0 Å². The highest BCUT2D eigenvalue weighted by Crippen LogP contribution is 2.23. The molecule has 0 atom stereocenters. The first-order chi connectivity index (χ1) is 7.58. The van der Waals surface area contributed by atoms with Gasteiger partial charge in [-0.3, -0.25) is 4.79 Å². The van der Waals surface area contributed by atoms with Crippen molar-refractivity contribution in [2.45, 2.75) is 46.5 Å². The molecule has 1 amide bonds. The highest BCUT2D eigenvalue weighted by Gasteiger charge is 2.16. The molecule has 0 spiro atoms. The Balaban J connectivity index is 2.62. The van der Waals surface area contributed by atoms with Crippen LogP contribution in [0, 0.1) is 5.92 Å². The zero-order valence-corrected chi connectivity index (χ0v) is 11.1. The summed E-state index contributed by atoms with van der Waals surface area (Å²) in [6.07, 6.45) is 1.72. The van der Waals surface area contributed by atoms with Gasteiger partial charge in [0.05, 0.1) is 0 Å². The second-order valence-corrected chi connectivity index (χ2v) is 5.11. The molecule has 0 aliphatic heterocycles. The molecule has 16 heavy (non-hydrogen) atoms. The number of amides is 1. The van der Waals surface area contributed by atoms with Gasteiger partial charge < -0.3 is 5.32 Å².